The van der Waals surface area contributed by atoms with Crippen molar-refractivity contribution >= 4 is 15.9 Å². The first-order valence-corrected chi connectivity index (χ1v) is 6.53. The van der Waals surface area contributed by atoms with Crippen LogP contribution < -0.4 is 15.2 Å². The first kappa shape index (κ1) is 14.3. The molecular weight excluding hydrogens is 282 g/mol. The van der Waals surface area contributed by atoms with Gasteiger partial charge in [-0.2, -0.15) is 0 Å². The molecule has 1 atom stereocenters. The fourth-order valence-corrected chi connectivity index (χ4v) is 2.84. The number of methoxy groups -OCH3 is 2. The number of aryl methyl sites for hydroxylation is 1. The molecule has 0 spiro atoms. The summed E-state index contributed by atoms with van der Waals surface area (Å²) >= 11 is 3.65. The number of ether oxygens (including phenoxy) is 2. The van der Waals surface area contributed by atoms with Gasteiger partial charge in [0.1, 0.15) is 0 Å². The van der Waals surface area contributed by atoms with Gasteiger partial charge in [-0.05, 0) is 30.5 Å². The number of nitrogens with two attached hydrogens (primary N) is 1. The molecule has 0 aliphatic heterocycles. The van der Waals surface area contributed by atoms with Crippen LogP contribution >= 0.6 is 15.9 Å². The Labute approximate surface area is 111 Å². The lowest BCUT2D eigenvalue weighted by Crippen LogP contribution is -2.12. The second kappa shape index (κ2) is 6.26. The molecule has 0 aliphatic carbocycles. The number of hydrogen-bond donors (Lipinski definition) is 1. The van der Waals surface area contributed by atoms with Crippen LogP contribution in [0.3, 0.4) is 0 Å². The van der Waals surface area contributed by atoms with Crippen molar-refractivity contribution in [3.63, 3.8) is 0 Å². The van der Waals surface area contributed by atoms with Crippen molar-refractivity contribution in [1.29, 1.82) is 0 Å². The van der Waals surface area contributed by atoms with E-state index in [1.54, 1.807) is 14.2 Å². The average molecular weight is 302 g/mol. The van der Waals surface area contributed by atoms with Crippen LogP contribution in [0, 0.1) is 0 Å². The van der Waals surface area contributed by atoms with Crippen LogP contribution in [0.2, 0.25) is 0 Å². The topological polar surface area (TPSA) is 44.5 Å². The minimum atomic E-state index is 0.222. The average Bonchev–Trinajstić information content (AvgIpc) is 2.36. The largest absolute Gasteiger partial charge is 0.493 e. The van der Waals surface area contributed by atoms with E-state index in [2.05, 4.69) is 29.8 Å². The monoisotopic (exact) mass is 301 g/mol. The van der Waals surface area contributed by atoms with Gasteiger partial charge in [-0.25, -0.2) is 0 Å². The van der Waals surface area contributed by atoms with Crippen LogP contribution in [0.4, 0.5) is 0 Å². The van der Waals surface area contributed by atoms with Crippen molar-refractivity contribution in [2.75, 3.05) is 20.8 Å². The van der Waals surface area contributed by atoms with Gasteiger partial charge < -0.3 is 15.2 Å². The molecule has 4 heteroatoms. The number of rotatable bonds is 5. The Morgan fingerprint density at radius 3 is 2.41 bits per heavy atom. The van der Waals surface area contributed by atoms with Crippen molar-refractivity contribution in [3.8, 4) is 11.5 Å². The molecule has 96 valence electrons. The smallest absolute Gasteiger partial charge is 0.165 e. The second-order valence-corrected chi connectivity index (χ2v) is 4.78. The van der Waals surface area contributed by atoms with Crippen LogP contribution in [-0.4, -0.2) is 20.8 Å². The highest BCUT2D eigenvalue weighted by Crippen LogP contribution is 2.42. The quantitative estimate of drug-likeness (QED) is 0.909. The molecule has 1 aromatic rings. The molecule has 0 bridgehead atoms. The van der Waals surface area contributed by atoms with Gasteiger partial charge in [-0.15, -0.1) is 0 Å². The third-order valence-corrected chi connectivity index (χ3v) is 3.88. The van der Waals surface area contributed by atoms with E-state index in [1.807, 2.05) is 6.07 Å². The van der Waals surface area contributed by atoms with E-state index in [9.17, 15) is 0 Å². The lowest BCUT2D eigenvalue weighted by atomic mass is 9.96. The van der Waals surface area contributed by atoms with E-state index in [4.69, 9.17) is 15.2 Å². The van der Waals surface area contributed by atoms with Crippen LogP contribution in [0.25, 0.3) is 0 Å². The van der Waals surface area contributed by atoms with Crippen LogP contribution in [0.1, 0.15) is 30.9 Å². The van der Waals surface area contributed by atoms with Crippen LogP contribution in [-0.2, 0) is 6.42 Å². The number of halogens is 1. The van der Waals surface area contributed by atoms with Gasteiger partial charge in [-0.3, -0.25) is 0 Å². The molecule has 2 N–H and O–H groups in total. The van der Waals surface area contributed by atoms with Crippen molar-refractivity contribution in [2.24, 2.45) is 5.73 Å². The summed E-state index contributed by atoms with van der Waals surface area (Å²) in [7, 11) is 3.31. The zero-order chi connectivity index (χ0) is 13.0. The van der Waals surface area contributed by atoms with Gasteiger partial charge in [0.25, 0.3) is 0 Å². The first-order valence-electron chi connectivity index (χ1n) is 5.73. The third kappa shape index (κ3) is 2.75. The molecule has 1 rings (SSSR count). The van der Waals surface area contributed by atoms with Gasteiger partial charge in [0, 0.05) is 10.0 Å². The Hall–Kier alpha value is -0.740. The predicted molar refractivity (Wildman–Crippen MR) is 74.1 cm³/mol. The molecule has 3 nitrogen and oxygen atoms in total. The molecule has 0 amide bonds. The highest BCUT2D eigenvalue weighted by Gasteiger charge is 2.21. The summed E-state index contributed by atoms with van der Waals surface area (Å²) in [5.41, 5.74) is 8.06. The zero-order valence-corrected chi connectivity index (χ0v) is 12.4. The lowest BCUT2D eigenvalue weighted by Gasteiger charge is -2.20. The SMILES string of the molecule is CCc1cc(OC)c(OC)c(C(C)CN)c1Br. The standard InChI is InChI=1S/C13H20BrNO2/c1-5-9-6-10(16-3)13(17-4)11(12(9)14)8(2)7-15/h6,8H,5,7,15H2,1-4H3. The Bertz CT molecular complexity index is 393. The Morgan fingerprint density at radius 2 is 2.00 bits per heavy atom. The molecule has 0 saturated heterocycles. The lowest BCUT2D eigenvalue weighted by molar-refractivity contribution is 0.349. The summed E-state index contributed by atoms with van der Waals surface area (Å²) in [6, 6.07) is 2.01. The number of hydrogen-bond acceptors (Lipinski definition) is 3. The van der Waals surface area contributed by atoms with E-state index >= 15 is 0 Å². The van der Waals surface area contributed by atoms with Crippen LogP contribution in [0.15, 0.2) is 10.5 Å². The van der Waals surface area contributed by atoms with Crippen molar-refractivity contribution in [3.05, 3.63) is 21.7 Å². The van der Waals surface area contributed by atoms with Crippen molar-refractivity contribution in [1.82, 2.24) is 0 Å². The van der Waals surface area contributed by atoms with Gasteiger partial charge >= 0.3 is 0 Å². The molecule has 0 radical (unpaired) electrons. The summed E-state index contributed by atoms with van der Waals surface area (Å²) in [6.07, 6.45) is 0.936. The third-order valence-electron chi connectivity index (χ3n) is 2.94. The molecule has 0 saturated carbocycles. The Balaban J connectivity index is 3.49. The van der Waals surface area contributed by atoms with Gasteiger partial charge in [0.2, 0.25) is 0 Å². The van der Waals surface area contributed by atoms with E-state index < -0.39 is 0 Å². The summed E-state index contributed by atoms with van der Waals surface area (Å²) in [5.74, 6) is 1.76. The van der Waals surface area contributed by atoms with Crippen molar-refractivity contribution in [2.45, 2.75) is 26.2 Å². The zero-order valence-electron chi connectivity index (χ0n) is 10.8. The predicted octanol–water partition coefficient (Wildman–Crippen LogP) is 3.09. The van der Waals surface area contributed by atoms with E-state index in [0.717, 1.165) is 28.0 Å². The maximum Gasteiger partial charge on any atom is 0.165 e. The molecule has 0 aromatic heterocycles. The Morgan fingerprint density at radius 1 is 1.35 bits per heavy atom. The molecule has 17 heavy (non-hydrogen) atoms. The Kier molecular flexibility index (Phi) is 5.28. The molecule has 0 heterocycles. The van der Waals surface area contributed by atoms with Gasteiger partial charge in [0.15, 0.2) is 11.5 Å². The minimum absolute atomic E-state index is 0.222. The highest BCUT2D eigenvalue weighted by atomic mass is 79.9. The molecule has 1 unspecified atom stereocenters. The first-order chi connectivity index (χ1) is 8.10. The molecule has 0 aliphatic rings. The van der Waals surface area contributed by atoms with E-state index in [-0.39, 0.29) is 5.92 Å². The molecular formula is C13H20BrNO2. The second-order valence-electron chi connectivity index (χ2n) is 3.99. The van der Waals surface area contributed by atoms with Gasteiger partial charge in [-0.1, -0.05) is 29.8 Å². The van der Waals surface area contributed by atoms with Crippen LogP contribution in [0.5, 0.6) is 11.5 Å². The fourth-order valence-electron chi connectivity index (χ4n) is 1.87. The highest BCUT2D eigenvalue weighted by molar-refractivity contribution is 9.10. The maximum absolute atomic E-state index is 5.76. The molecule has 1 aromatic carbocycles. The normalized spacial score (nSPS) is 12.4. The minimum Gasteiger partial charge on any atom is -0.493 e. The van der Waals surface area contributed by atoms with E-state index in [1.165, 1.54) is 5.56 Å². The van der Waals surface area contributed by atoms with Gasteiger partial charge in [0.05, 0.1) is 14.2 Å². The maximum atomic E-state index is 5.76. The van der Waals surface area contributed by atoms with Crippen molar-refractivity contribution < 1.29 is 9.47 Å². The fraction of sp³-hybridized carbons (Fsp3) is 0.538. The van der Waals surface area contributed by atoms with E-state index in [0.29, 0.717) is 6.54 Å². The summed E-state index contributed by atoms with van der Waals surface area (Å²) < 4.78 is 11.9. The number of benzene rings is 1. The summed E-state index contributed by atoms with van der Waals surface area (Å²) in [5, 5.41) is 0. The summed E-state index contributed by atoms with van der Waals surface area (Å²) in [4.78, 5) is 0. The summed E-state index contributed by atoms with van der Waals surface area (Å²) in [6.45, 7) is 4.77. The molecule has 0 fully saturated rings.